The van der Waals surface area contributed by atoms with Gasteiger partial charge in [0.05, 0.1) is 5.69 Å². The van der Waals surface area contributed by atoms with E-state index in [4.69, 9.17) is 16.2 Å². The van der Waals surface area contributed by atoms with Crippen LogP contribution in [0.25, 0.3) is 0 Å². The van der Waals surface area contributed by atoms with Crippen molar-refractivity contribution in [3.63, 3.8) is 0 Å². The number of hydrogen-bond acceptors (Lipinski definition) is 7. The van der Waals surface area contributed by atoms with Crippen molar-refractivity contribution < 1.29 is 19.1 Å². The molecule has 1 rings (SSSR count). The van der Waals surface area contributed by atoms with Gasteiger partial charge in [0, 0.05) is 26.3 Å². The molecule has 1 aromatic heterocycles. The van der Waals surface area contributed by atoms with Crippen molar-refractivity contribution in [3.05, 3.63) is 10.6 Å². The predicted octanol–water partition coefficient (Wildman–Crippen LogP) is 2.02. The van der Waals surface area contributed by atoms with E-state index >= 15 is 0 Å². The number of hydrogen-bond donors (Lipinski definition) is 3. The molecule has 0 saturated carbocycles. The van der Waals surface area contributed by atoms with Crippen molar-refractivity contribution in [2.45, 2.75) is 59.4 Å². The van der Waals surface area contributed by atoms with E-state index in [9.17, 15) is 14.4 Å². The Labute approximate surface area is 182 Å². The summed E-state index contributed by atoms with van der Waals surface area (Å²) in [7, 11) is 0. The molecular weight excluding hydrogens is 406 g/mol. The Hall–Kier alpha value is -2.20. The van der Waals surface area contributed by atoms with Crippen molar-refractivity contribution in [1.29, 1.82) is 0 Å². The van der Waals surface area contributed by atoms with E-state index < -0.39 is 17.9 Å². The van der Waals surface area contributed by atoms with Gasteiger partial charge in [-0.15, -0.1) is 0 Å². The Morgan fingerprint density at radius 3 is 2.47 bits per heavy atom. The van der Waals surface area contributed by atoms with Gasteiger partial charge in [0.1, 0.15) is 10.9 Å². The quantitative estimate of drug-likeness (QED) is 0.377. The maximum absolute atomic E-state index is 13.3. The number of nitrogens with zero attached hydrogens (tertiary/aromatic N) is 2. The van der Waals surface area contributed by atoms with Gasteiger partial charge in [0.15, 0.2) is 5.69 Å². The highest BCUT2D eigenvalue weighted by Crippen LogP contribution is 2.25. The van der Waals surface area contributed by atoms with Gasteiger partial charge >= 0.3 is 0 Å². The van der Waals surface area contributed by atoms with E-state index in [0.29, 0.717) is 45.1 Å². The maximum atomic E-state index is 13.3. The van der Waals surface area contributed by atoms with Crippen molar-refractivity contribution in [2.24, 2.45) is 11.7 Å². The summed E-state index contributed by atoms with van der Waals surface area (Å²) in [4.78, 5) is 39.3. The van der Waals surface area contributed by atoms with E-state index in [2.05, 4.69) is 23.5 Å². The van der Waals surface area contributed by atoms with Crippen LogP contribution in [0, 0.1) is 5.92 Å². The van der Waals surface area contributed by atoms with Gasteiger partial charge < -0.3 is 26.4 Å². The Kier molecular flexibility index (Phi) is 11.3. The number of nitrogens with two attached hydrogens (primary N) is 2. The molecule has 0 aliphatic carbocycles. The van der Waals surface area contributed by atoms with Crippen molar-refractivity contribution in [1.82, 2.24) is 14.6 Å². The van der Waals surface area contributed by atoms with Crippen molar-refractivity contribution in [2.75, 3.05) is 32.0 Å². The van der Waals surface area contributed by atoms with E-state index in [1.807, 2.05) is 13.8 Å². The largest absolute Gasteiger partial charge is 0.395 e. The first kappa shape index (κ1) is 25.8. The number of aromatic nitrogens is 1. The number of nitrogens with one attached hydrogen (secondary N) is 1. The first-order chi connectivity index (χ1) is 14.2. The van der Waals surface area contributed by atoms with Crippen LogP contribution in [-0.2, 0) is 9.53 Å². The highest BCUT2D eigenvalue weighted by molar-refractivity contribution is 7.09. The smallest absolute Gasteiger partial charge is 0.270 e. The summed E-state index contributed by atoms with van der Waals surface area (Å²) in [5.74, 6) is -0.947. The Morgan fingerprint density at radius 2 is 1.93 bits per heavy atom. The minimum absolute atomic E-state index is 0.0391. The summed E-state index contributed by atoms with van der Waals surface area (Å²) in [6.07, 6.45) is 2.66. The van der Waals surface area contributed by atoms with Crippen LogP contribution in [-0.4, -0.2) is 59.3 Å². The zero-order valence-corrected chi connectivity index (χ0v) is 19.2. The van der Waals surface area contributed by atoms with E-state index in [1.165, 1.54) is 4.90 Å². The number of amides is 3. The molecule has 30 heavy (non-hydrogen) atoms. The number of rotatable bonds is 14. The third-order valence-electron chi connectivity index (χ3n) is 4.57. The fraction of sp³-hybridized carbons (Fsp3) is 0.700. The average Bonchev–Trinajstić information content (AvgIpc) is 3.07. The number of ether oxygens (including phenoxy) is 1. The Morgan fingerprint density at radius 1 is 1.23 bits per heavy atom. The topological polar surface area (TPSA) is 141 Å². The number of carbonyl (C=O) groups is 3. The molecule has 1 atom stereocenters. The highest BCUT2D eigenvalue weighted by atomic mass is 32.1. The van der Waals surface area contributed by atoms with Crippen LogP contribution in [0.4, 0.5) is 5.69 Å². The molecule has 0 saturated heterocycles. The normalized spacial score (nSPS) is 12.0. The molecule has 3 amide bonds. The summed E-state index contributed by atoms with van der Waals surface area (Å²) >= 11 is 0.824. The number of carbonyl (C=O) groups excluding carboxylic acids is 3. The van der Waals surface area contributed by atoms with Crippen molar-refractivity contribution in [3.8, 4) is 0 Å². The zero-order valence-electron chi connectivity index (χ0n) is 18.4. The molecule has 10 heteroatoms. The molecular formula is C20H35N5O4S. The maximum Gasteiger partial charge on any atom is 0.270 e. The van der Waals surface area contributed by atoms with E-state index in [1.54, 1.807) is 0 Å². The molecule has 0 aromatic carbocycles. The van der Waals surface area contributed by atoms with E-state index in [-0.39, 0.29) is 22.2 Å². The highest BCUT2D eigenvalue weighted by Gasteiger charge is 2.32. The minimum atomic E-state index is -0.790. The van der Waals surface area contributed by atoms with E-state index in [0.717, 1.165) is 24.4 Å². The van der Waals surface area contributed by atoms with Gasteiger partial charge in [-0.3, -0.25) is 14.4 Å². The van der Waals surface area contributed by atoms with Crippen molar-refractivity contribution >= 4 is 34.9 Å². The molecule has 0 aliphatic heterocycles. The van der Waals surface area contributed by atoms with Gasteiger partial charge in [-0.25, -0.2) is 0 Å². The third kappa shape index (κ3) is 7.56. The Balaban J connectivity index is 3.11. The first-order valence-electron chi connectivity index (χ1n) is 10.5. The molecule has 0 spiro atoms. The lowest BCUT2D eigenvalue weighted by Crippen LogP contribution is -2.50. The van der Waals surface area contributed by atoms with Crippen LogP contribution in [0.3, 0.4) is 0 Å². The summed E-state index contributed by atoms with van der Waals surface area (Å²) in [6, 6.07) is -0.644. The SMILES string of the molecule is CCC[C@H](C(=O)NCCC(C)C)N(CCCOCC)C(=O)c1snc(C(N)=O)c1N. The average molecular weight is 442 g/mol. The van der Waals surface area contributed by atoms with Crippen LogP contribution in [0.1, 0.15) is 73.5 Å². The Bertz CT molecular complexity index is 707. The zero-order chi connectivity index (χ0) is 22.7. The molecule has 1 heterocycles. The molecule has 170 valence electrons. The summed E-state index contributed by atoms with van der Waals surface area (Å²) in [6.45, 7) is 9.95. The molecule has 0 bridgehead atoms. The molecule has 0 fully saturated rings. The lowest BCUT2D eigenvalue weighted by molar-refractivity contribution is -0.126. The van der Waals surface area contributed by atoms with Crippen LogP contribution in [0.15, 0.2) is 0 Å². The standard InChI is InChI=1S/C20H35N5O4S/c1-5-8-14(19(27)23-10-9-13(3)4)25(11-7-12-29-6-2)20(28)17-15(21)16(18(22)26)24-30-17/h13-14H,5-12,21H2,1-4H3,(H2,22,26)(H,23,27)/t14-/m1/s1. The van der Waals surface area contributed by atoms with Gasteiger partial charge in [0.25, 0.3) is 11.8 Å². The fourth-order valence-electron chi connectivity index (χ4n) is 2.94. The second-order valence-electron chi connectivity index (χ2n) is 7.47. The molecule has 0 radical (unpaired) electrons. The molecule has 0 aliphatic rings. The number of nitrogen functional groups attached to an aromatic ring is 1. The van der Waals surface area contributed by atoms with Crippen LogP contribution in [0.2, 0.25) is 0 Å². The van der Waals surface area contributed by atoms with Crippen LogP contribution in [0.5, 0.6) is 0 Å². The lowest BCUT2D eigenvalue weighted by atomic mass is 10.1. The summed E-state index contributed by atoms with van der Waals surface area (Å²) in [5.41, 5.74) is 11.1. The number of primary amides is 1. The second kappa shape index (κ2) is 13.2. The molecule has 5 N–H and O–H groups in total. The summed E-state index contributed by atoms with van der Waals surface area (Å²) in [5, 5.41) is 2.94. The molecule has 0 unspecified atom stereocenters. The van der Waals surface area contributed by atoms with Gasteiger partial charge in [-0.05, 0) is 43.6 Å². The van der Waals surface area contributed by atoms with Gasteiger partial charge in [-0.1, -0.05) is 27.2 Å². The third-order valence-corrected chi connectivity index (χ3v) is 5.42. The van der Waals surface area contributed by atoms with Crippen LogP contribution < -0.4 is 16.8 Å². The summed E-state index contributed by atoms with van der Waals surface area (Å²) < 4.78 is 9.30. The van der Waals surface area contributed by atoms with Gasteiger partial charge in [0.2, 0.25) is 5.91 Å². The second-order valence-corrected chi connectivity index (χ2v) is 8.24. The monoisotopic (exact) mass is 441 g/mol. The number of anilines is 1. The predicted molar refractivity (Wildman–Crippen MR) is 118 cm³/mol. The van der Waals surface area contributed by atoms with Crippen LogP contribution >= 0.6 is 11.5 Å². The lowest BCUT2D eigenvalue weighted by Gasteiger charge is -2.31. The molecule has 1 aromatic rings. The molecule has 9 nitrogen and oxygen atoms in total. The fourth-order valence-corrected chi connectivity index (χ4v) is 3.70. The first-order valence-corrected chi connectivity index (χ1v) is 11.2. The minimum Gasteiger partial charge on any atom is -0.395 e. The van der Waals surface area contributed by atoms with Gasteiger partial charge in [-0.2, -0.15) is 4.37 Å².